The number of hydrogen-bond donors (Lipinski definition) is 5. The number of rotatable bonds is 9. The molecule has 0 unspecified atom stereocenters. The number of alkyl halides is 3. The largest absolute Gasteiger partial charge is 0.490 e. The number of carbonyl (C=O) groups is 2. The number of aliphatic carboxylic acids is 1. The zero-order chi connectivity index (χ0) is 35.9. The Kier molecular flexibility index (Phi) is 11.4. The molecule has 0 aliphatic heterocycles. The smallest absolute Gasteiger partial charge is 0.475 e. The molecule has 5 rings (SSSR count). The van der Waals surface area contributed by atoms with Crippen LogP contribution in [0.3, 0.4) is 0 Å². The maximum atomic E-state index is 14.9. The zero-order valence-electron chi connectivity index (χ0n) is 25.5. The number of para-hydroxylation sites is 1. The van der Waals surface area contributed by atoms with Gasteiger partial charge >= 0.3 is 12.1 Å². The minimum atomic E-state index is -5.08. The van der Waals surface area contributed by atoms with E-state index in [1.807, 2.05) is 30.3 Å². The number of carboxylic acid groups (broad SMARTS) is 1. The van der Waals surface area contributed by atoms with Crippen LogP contribution in [0.4, 0.5) is 27.9 Å². The van der Waals surface area contributed by atoms with Gasteiger partial charge in [-0.2, -0.15) is 18.2 Å². The van der Waals surface area contributed by atoms with Crippen molar-refractivity contribution in [1.29, 1.82) is 0 Å². The van der Waals surface area contributed by atoms with Crippen molar-refractivity contribution in [1.82, 2.24) is 19.9 Å². The molecule has 3 aromatic carbocycles. The van der Waals surface area contributed by atoms with E-state index in [1.54, 1.807) is 25.1 Å². The lowest BCUT2D eigenvalue weighted by atomic mass is 9.99. The molecule has 0 fully saturated rings. The summed E-state index contributed by atoms with van der Waals surface area (Å²) in [6, 6.07) is 19.5. The van der Waals surface area contributed by atoms with Crippen LogP contribution in [0, 0.1) is 18.6 Å². The molecule has 0 bridgehead atoms. The topological polar surface area (TPSA) is 167 Å². The third kappa shape index (κ3) is 8.60. The monoisotopic (exact) mass is 685 g/mol. The number of aryl methyl sites for hydroxylation is 1. The highest BCUT2D eigenvalue weighted by Crippen LogP contribution is 2.32. The van der Waals surface area contributed by atoms with Gasteiger partial charge in [-0.25, -0.2) is 18.6 Å². The third-order valence-corrected chi connectivity index (χ3v) is 6.98. The fraction of sp³-hybridized carbons (Fsp3) is 0.182. The Hall–Kier alpha value is -5.74. The predicted molar refractivity (Wildman–Crippen MR) is 168 cm³/mol. The van der Waals surface area contributed by atoms with Crippen LogP contribution in [-0.2, 0) is 11.3 Å². The summed E-state index contributed by atoms with van der Waals surface area (Å²) in [5.74, 6) is -5.15. The fourth-order valence-electron chi connectivity index (χ4n) is 4.53. The Morgan fingerprint density at radius 3 is 2.12 bits per heavy atom. The number of anilines is 1. The number of carboxylic acids is 1. The number of aliphatic hydroxyl groups is 2. The molecule has 0 spiro atoms. The Morgan fingerprint density at radius 1 is 0.898 bits per heavy atom. The van der Waals surface area contributed by atoms with E-state index in [0.717, 1.165) is 33.9 Å². The molecule has 1 amide bonds. The van der Waals surface area contributed by atoms with Crippen molar-refractivity contribution in [2.24, 2.45) is 0 Å². The van der Waals surface area contributed by atoms with E-state index in [2.05, 4.69) is 20.6 Å². The average Bonchev–Trinajstić information content (AvgIpc) is 3.07. The van der Waals surface area contributed by atoms with Gasteiger partial charge in [0.05, 0.1) is 24.9 Å². The van der Waals surface area contributed by atoms with E-state index in [9.17, 15) is 41.8 Å². The second-order valence-corrected chi connectivity index (χ2v) is 10.4. The second-order valence-electron chi connectivity index (χ2n) is 10.4. The van der Waals surface area contributed by atoms with Crippen molar-refractivity contribution in [3.63, 3.8) is 0 Å². The predicted octanol–water partition coefficient (Wildman–Crippen LogP) is 4.36. The Labute approximate surface area is 274 Å². The molecule has 16 heteroatoms. The quantitative estimate of drug-likeness (QED) is 0.142. The normalized spacial score (nSPS) is 11.2. The van der Waals surface area contributed by atoms with Gasteiger partial charge < -0.3 is 26.0 Å². The van der Waals surface area contributed by atoms with Gasteiger partial charge in [-0.3, -0.25) is 14.2 Å². The van der Waals surface area contributed by atoms with E-state index < -0.39 is 54.3 Å². The molecule has 11 nitrogen and oxygen atoms in total. The summed E-state index contributed by atoms with van der Waals surface area (Å²) in [6.45, 7) is 1.19. The van der Waals surface area contributed by atoms with Gasteiger partial charge in [-0.15, -0.1) is 0 Å². The first-order valence-corrected chi connectivity index (χ1v) is 14.3. The molecule has 2 heterocycles. The van der Waals surface area contributed by atoms with Crippen LogP contribution in [0.5, 0.6) is 0 Å². The number of amides is 1. The van der Waals surface area contributed by atoms with Crippen LogP contribution >= 0.6 is 0 Å². The minimum Gasteiger partial charge on any atom is -0.475 e. The highest BCUT2D eigenvalue weighted by atomic mass is 19.4. The Bertz CT molecular complexity index is 2020. The number of fused-ring (bicyclic) bond motifs is 1. The molecule has 49 heavy (non-hydrogen) atoms. The van der Waals surface area contributed by atoms with Crippen LogP contribution in [0.2, 0.25) is 0 Å². The number of nitrogens with zero attached hydrogens (tertiary/aromatic N) is 3. The van der Waals surface area contributed by atoms with Crippen molar-refractivity contribution < 1.29 is 46.9 Å². The maximum absolute atomic E-state index is 14.9. The zero-order valence-corrected chi connectivity index (χ0v) is 25.5. The number of benzene rings is 3. The molecule has 0 atom stereocenters. The molecule has 0 aliphatic rings. The molecular weight excluding hydrogens is 657 g/mol. The molecule has 0 saturated carbocycles. The summed E-state index contributed by atoms with van der Waals surface area (Å²) in [6.07, 6.45) is -5.08. The number of halogens is 5. The van der Waals surface area contributed by atoms with Crippen molar-refractivity contribution in [3.05, 3.63) is 118 Å². The summed E-state index contributed by atoms with van der Waals surface area (Å²) in [5.41, 5.74) is 1.27. The van der Waals surface area contributed by atoms with Crippen molar-refractivity contribution >= 4 is 28.9 Å². The molecular formula is C33H28F5N5O6. The van der Waals surface area contributed by atoms with Gasteiger partial charge in [0, 0.05) is 29.1 Å². The summed E-state index contributed by atoms with van der Waals surface area (Å²) >= 11 is 0. The van der Waals surface area contributed by atoms with E-state index in [1.165, 1.54) is 12.1 Å². The van der Waals surface area contributed by atoms with Gasteiger partial charge in [-0.05, 0) is 48.4 Å². The second kappa shape index (κ2) is 15.4. The number of aliphatic hydroxyl groups excluding tert-OH is 2. The average molecular weight is 686 g/mol. The summed E-state index contributed by atoms with van der Waals surface area (Å²) in [7, 11) is 0. The van der Waals surface area contributed by atoms with Gasteiger partial charge in [0.25, 0.3) is 11.5 Å². The van der Waals surface area contributed by atoms with Crippen molar-refractivity contribution in [3.8, 4) is 16.9 Å². The van der Waals surface area contributed by atoms with Crippen LogP contribution < -0.4 is 16.2 Å². The minimum absolute atomic E-state index is 0.111. The van der Waals surface area contributed by atoms with Crippen molar-refractivity contribution in [2.75, 3.05) is 18.5 Å². The van der Waals surface area contributed by atoms with Crippen LogP contribution in [-0.4, -0.2) is 67.2 Å². The number of pyridine rings is 1. The first-order chi connectivity index (χ1) is 23.2. The molecule has 256 valence electrons. The van der Waals surface area contributed by atoms with E-state index in [0.29, 0.717) is 17.7 Å². The number of aromatic nitrogens is 3. The van der Waals surface area contributed by atoms with Gasteiger partial charge in [0.2, 0.25) is 5.95 Å². The summed E-state index contributed by atoms with van der Waals surface area (Å²) in [5, 5.41) is 32.4. The maximum Gasteiger partial charge on any atom is 0.490 e. The molecule has 0 saturated heterocycles. The summed E-state index contributed by atoms with van der Waals surface area (Å²) in [4.78, 5) is 44.0. The Morgan fingerprint density at radius 2 is 1.53 bits per heavy atom. The Balaban J connectivity index is 0.000000698. The van der Waals surface area contributed by atoms with E-state index in [4.69, 9.17) is 9.90 Å². The third-order valence-electron chi connectivity index (χ3n) is 6.98. The lowest BCUT2D eigenvalue weighted by Crippen LogP contribution is -2.29. The molecule has 0 aliphatic carbocycles. The first kappa shape index (κ1) is 36.1. The SMILES string of the molecule is Cc1ccc(C(=O)NCc2ccccc2)cc1-c1nc(NC(CO)CO)nc2c1ccc(=O)n2-c1c(F)cccc1F.O=C(O)C(F)(F)F. The highest BCUT2D eigenvalue weighted by molar-refractivity contribution is 5.98. The van der Waals surface area contributed by atoms with E-state index in [-0.39, 0.29) is 28.6 Å². The first-order valence-electron chi connectivity index (χ1n) is 14.3. The standard InChI is InChI=1S/C31H27F2N5O4.C2HF3O2/c1-18-10-11-20(30(42)34-15-19-6-3-2-4-7-19)14-23(18)27-22-12-13-26(41)38(28-24(32)8-5-9-25(28)33)29(22)37-31(36-27)35-21(16-39)17-40;3-2(4,5)1(6)7/h2-14,21,39-40H,15-17H2,1H3,(H,34,42)(H,35,36,37);(H,6,7). The summed E-state index contributed by atoms with van der Waals surface area (Å²) < 4.78 is 62.4. The van der Waals surface area contributed by atoms with Crippen LogP contribution in [0.1, 0.15) is 21.5 Å². The van der Waals surface area contributed by atoms with Gasteiger partial charge in [0.15, 0.2) is 5.65 Å². The molecule has 5 N–H and O–H groups in total. The van der Waals surface area contributed by atoms with Gasteiger partial charge in [-0.1, -0.05) is 42.5 Å². The van der Waals surface area contributed by atoms with Crippen LogP contribution in [0.15, 0.2) is 83.7 Å². The molecule has 5 aromatic rings. The van der Waals surface area contributed by atoms with E-state index >= 15 is 0 Å². The molecule has 0 radical (unpaired) electrons. The van der Waals surface area contributed by atoms with Crippen LogP contribution in [0.25, 0.3) is 28.0 Å². The van der Waals surface area contributed by atoms with Gasteiger partial charge in [0.1, 0.15) is 17.3 Å². The van der Waals surface area contributed by atoms with Crippen molar-refractivity contribution in [2.45, 2.75) is 25.7 Å². The number of hydrogen-bond acceptors (Lipinski definition) is 8. The number of carbonyl (C=O) groups excluding carboxylic acids is 1. The lowest BCUT2D eigenvalue weighted by molar-refractivity contribution is -0.192. The fourth-order valence-corrected chi connectivity index (χ4v) is 4.53. The lowest BCUT2D eigenvalue weighted by Gasteiger charge is -2.18. The highest BCUT2D eigenvalue weighted by Gasteiger charge is 2.38. The number of nitrogens with one attached hydrogen (secondary N) is 2. The molecule has 2 aromatic heterocycles.